The Hall–Kier alpha value is -0.710. The van der Waals surface area contributed by atoms with Crippen LogP contribution in [0, 0.1) is 5.92 Å². The van der Waals surface area contributed by atoms with Gasteiger partial charge in [0.1, 0.15) is 9.84 Å². The maximum absolute atomic E-state index is 12.2. The van der Waals surface area contributed by atoms with Gasteiger partial charge in [-0.3, -0.25) is 4.79 Å². The summed E-state index contributed by atoms with van der Waals surface area (Å²) < 4.78 is 52.6. The number of carbonyl (C=O) groups is 1. The third-order valence-electron chi connectivity index (χ3n) is 3.12. The molecule has 1 aliphatic rings. The topological polar surface area (TPSA) is 118 Å². The van der Waals surface area contributed by atoms with Crippen molar-refractivity contribution in [3.8, 4) is 0 Å². The van der Waals surface area contributed by atoms with Crippen molar-refractivity contribution in [2.24, 2.45) is 5.92 Å². The molecule has 0 aromatic rings. The first-order valence-corrected chi connectivity index (χ1v) is 9.73. The van der Waals surface area contributed by atoms with Gasteiger partial charge in [0, 0.05) is 12.8 Å². The second-order valence-corrected chi connectivity index (χ2v) is 9.00. The fraction of sp³-hybridized carbons (Fsp3) is 0.900. The van der Waals surface area contributed by atoms with Crippen LogP contribution in [0.5, 0.6) is 0 Å². The van der Waals surface area contributed by atoms with Crippen LogP contribution in [0.3, 0.4) is 0 Å². The normalized spacial score (nSPS) is 24.1. The van der Waals surface area contributed by atoms with Gasteiger partial charge < -0.3 is 9.84 Å². The predicted molar refractivity (Wildman–Crippen MR) is 71.6 cm³/mol. The smallest absolute Gasteiger partial charge is 0.310 e. The lowest BCUT2D eigenvalue weighted by Gasteiger charge is -2.28. The Balaban J connectivity index is 2.91. The number of sulfone groups is 1. The van der Waals surface area contributed by atoms with E-state index in [2.05, 4.69) is 0 Å². The molecular weight excluding hydrogens is 310 g/mol. The number of aliphatic carboxylic acids is 1. The monoisotopic (exact) mass is 329 g/mol. The van der Waals surface area contributed by atoms with Gasteiger partial charge in [-0.2, -0.15) is 4.31 Å². The first-order chi connectivity index (χ1) is 9.08. The standard InChI is InChI=1S/C10H19NO7S2/c1-3-11(9-7-18-6-8(9)10(12)13)20(16,17)5-4-19(2,14)15/h8-9H,3-7H2,1-2H3,(H,12,13). The molecule has 0 aromatic heterocycles. The van der Waals surface area contributed by atoms with Crippen molar-refractivity contribution in [1.82, 2.24) is 4.31 Å². The molecule has 0 spiro atoms. The van der Waals surface area contributed by atoms with Gasteiger partial charge >= 0.3 is 5.97 Å². The van der Waals surface area contributed by atoms with E-state index in [4.69, 9.17) is 9.84 Å². The maximum Gasteiger partial charge on any atom is 0.310 e. The second-order valence-electron chi connectivity index (χ2n) is 4.70. The van der Waals surface area contributed by atoms with Crippen LogP contribution in [0.25, 0.3) is 0 Å². The lowest BCUT2D eigenvalue weighted by atomic mass is 10.0. The maximum atomic E-state index is 12.2. The highest BCUT2D eigenvalue weighted by molar-refractivity contribution is 7.93. The Morgan fingerprint density at radius 2 is 1.85 bits per heavy atom. The Morgan fingerprint density at radius 1 is 1.25 bits per heavy atom. The zero-order chi connectivity index (χ0) is 15.6. The third kappa shape index (κ3) is 4.40. The highest BCUT2D eigenvalue weighted by Crippen LogP contribution is 2.23. The number of carboxylic acid groups (broad SMARTS) is 1. The van der Waals surface area contributed by atoms with Crippen LogP contribution in [0.1, 0.15) is 6.92 Å². The fourth-order valence-corrected chi connectivity index (χ4v) is 5.38. The lowest BCUT2D eigenvalue weighted by Crippen LogP contribution is -2.47. The van der Waals surface area contributed by atoms with E-state index >= 15 is 0 Å². The summed E-state index contributed by atoms with van der Waals surface area (Å²) >= 11 is 0. The summed E-state index contributed by atoms with van der Waals surface area (Å²) in [6, 6.07) is -0.790. The molecule has 2 unspecified atom stereocenters. The number of rotatable bonds is 7. The van der Waals surface area contributed by atoms with Gasteiger partial charge in [-0.1, -0.05) is 6.92 Å². The average Bonchev–Trinajstić information content (AvgIpc) is 2.75. The van der Waals surface area contributed by atoms with Crippen LogP contribution < -0.4 is 0 Å². The predicted octanol–water partition coefficient (Wildman–Crippen LogP) is -1.22. The molecule has 1 saturated heterocycles. The number of carboxylic acids is 1. The molecule has 0 aliphatic carbocycles. The Bertz CT molecular complexity index is 554. The van der Waals surface area contributed by atoms with Gasteiger partial charge in [0.05, 0.1) is 36.7 Å². The molecule has 0 aromatic carbocycles. The van der Waals surface area contributed by atoms with Crippen LogP contribution in [-0.2, 0) is 29.4 Å². The number of hydrogen-bond acceptors (Lipinski definition) is 6. The molecule has 1 fully saturated rings. The van der Waals surface area contributed by atoms with Crippen LogP contribution >= 0.6 is 0 Å². The van der Waals surface area contributed by atoms with E-state index in [9.17, 15) is 21.6 Å². The van der Waals surface area contributed by atoms with E-state index < -0.39 is 49.3 Å². The Morgan fingerprint density at radius 3 is 2.30 bits per heavy atom. The summed E-state index contributed by atoms with van der Waals surface area (Å²) in [5, 5.41) is 9.06. The van der Waals surface area contributed by atoms with E-state index in [0.29, 0.717) is 0 Å². The summed E-state index contributed by atoms with van der Waals surface area (Å²) in [6.45, 7) is 1.61. The molecular formula is C10H19NO7S2. The Kier molecular flexibility index (Phi) is 5.53. The van der Waals surface area contributed by atoms with Gasteiger partial charge in [-0.15, -0.1) is 0 Å². The summed E-state index contributed by atoms with van der Waals surface area (Å²) in [4.78, 5) is 11.1. The molecule has 10 heteroatoms. The van der Waals surface area contributed by atoms with E-state index in [-0.39, 0.29) is 19.8 Å². The van der Waals surface area contributed by atoms with Crippen LogP contribution in [0.4, 0.5) is 0 Å². The molecule has 1 N–H and O–H groups in total. The largest absolute Gasteiger partial charge is 0.481 e. The van der Waals surface area contributed by atoms with Gasteiger partial charge in [0.25, 0.3) is 0 Å². The summed E-state index contributed by atoms with van der Waals surface area (Å²) in [5.74, 6) is -3.09. The van der Waals surface area contributed by atoms with Crippen molar-refractivity contribution in [1.29, 1.82) is 0 Å². The molecule has 0 saturated carbocycles. The van der Waals surface area contributed by atoms with E-state index in [1.807, 2.05) is 0 Å². The van der Waals surface area contributed by atoms with Crippen molar-refractivity contribution < 1.29 is 31.5 Å². The first-order valence-electron chi connectivity index (χ1n) is 6.06. The summed E-state index contributed by atoms with van der Waals surface area (Å²) in [5.41, 5.74) is 0. The minimum atomic E-state index is -3.84. The lowest BCUT2D eigenvalue weighted by molar-refractivity contribution is -0.142. The van der Waals surface area contributed by atoms with Gasteiger partial charge in [-0.25, -0.2) is 16.8 Å². The second kappa shape index (κ2) is 6.37. The van der Waals surface area contributed by atoms with E-state index in [1.54, 1.807) is 6.92 Å². The highest BCUT2D eigenvalue weighted by atomic mass is 32.2. The summed E-state index contributed by atoms with van der Waals surface area (Å²) in [7, 11) is -7.25. The molecule has 1 heterocycles. The minimum Gasteiger partial charge on any atom is -0.481 e. The zero-order valence-corrected chi connectivity index (χ0v) is 13.0. The molecule has 0 bridgehead atoms. The molecule has 2 atom stereocenters. The average molecular weight is 329 g/mol. The van der Waals surface area contributed by atoms with Crippen LogP contribution in [0.2, 0.25) is 0 Å². The van der Waals surface area contributed by atoms with Crippen molar-refractivity contribution in [2.75, 3.05) is 37.5 Å². The molecule has 8 nitrogen and oxygen atoms in total. The minimum absolute atomic E-state index is 0.00289. The summed E-state index contributed by atoms with van der Waals surface area (Å²) in [6.07, 6.45) is 0.956. The molecule has 0 radical (unpaired) electrons. The van der Waals surface area contributed by atoms with Crippen LogP contribution in [0.15, 0.2) is 0 Å². The molecule has 118 valence electrons. The third-order valence-corrected chi connectivity index (χ3v) is 6.29. The quantitative estimate of drug-likeness (QED) is 0.622. The SMILES string of the molecule is CCN(C1COCC1C(=O)O)S(=O)(=O)CCS(C)(=O)=O. The molecule has 20 heavy (non-hydrogen) atoms. The molecule has 1 rings (SSSR count). The van der Waals surface area contributed by atoms with Gasteiger partial charge in [-0.05, 0) is 0 Å². The first kappa shape index (κ1) is 17.3. The van der Waals surface area contributed by atoms with Crippen molar-refractivity contribution >= 4 is 25.8 Å². The van der Waals surface area contributed by atoms with Crippen LogP contribution in [-0.4, -0.2) is 75.8 Å². The molecule has 1 aliphatic heterocycles. The van der Waals surface area contributed by atoms with Gasteiger partial charge in [0.2, 0.25) is 10.0 Å². The van der Waals surface area contributed by atoms with Crippen molar-refractivity contribution in [3.63, 3.8) is 0 Å². The van der Waals surface area contributed by atoms with E-state index in [1.165, 1.54) is 0 Å². The number of hydrogen-bond donors (Lipinski definition) is 1. The Labute approximate surface area is 118 Å². The van der Waals surface area contributed by atoms with Crippen molar-refractivity contribution in [3.05, 3.63) is 0 Å². The number of nitrogens with zero attached hydrogens (tertiary/aromatic N) is 1. The van der Waals surface area contributed by atoms with Crippen molar-refractivity contribution in [2.45, 2.75) is 13.0 Å². The number of sulfonamides is 1. The van der Waals surface area contributed by atoms with Gasteiger partial charge in [0.15, 0.2) is 0 Å². The number of likely N-dealkylation sites (N-methyl/N-ethyl adjacent to an activating group) is 1. The number of ether oxygens (including phenoxy) is 1. The van der Waals surface area contributed by atoms with E-state index in [0.717, 1.165) is 10.6 Å². The zero-order valence-electron chi connectivity index (χ0n) is 11.4. The molecule has 0 amide bonds. The highest BCUT2D eigenvalue weighted by Gasteiger charge is 2.42. The fourth-order valence-electron chi connectivity index (χ4n) is 2.07.